The quantitative estimate of drug-likeness (QED) is 0.196. The average Bonchev–Trinajstić information content (AvgIpc) is 3.11. The molecule has 4 rings (SSSR count). The van der Waals surface area contributed by atoms with E-state index in [1.54, 1.807) is 0 Å². The summed E-state index contributed by atoms with van der Waals surface area (Å²) in [4.78, 5) is 11.8. The van der Waals surface area contributed by atoms with E-state index in [1.807, 2.05) is 11.1 Å². The lowest BCUT2D eigenvalue weighted by molar-refractivity contribution is -0.149. The molecule has 0 bridgehead atoms. The van der Waals surface area contributed by atoms with Gasteiger partial charge in [0.05, 0.1) is 0 Å². The van der Waals surface area contributed by atoms with Crippen LogP contribution in [-0.2, 0) is 9.53 Å². The van der Waals surface area contributed by atoms with Gasteiger partial charge in [0.25, 0.3) is 0 Å². The number of esters is 1. The van der Waals surface area contributed by atoms with Crippen LogP contribution >= 0.6 is 15.9 Å². The molecule has 2 nitrogen and oxygen atoms in total. The molecule has 2 unspecified atom stereocenters. The van der Waals surface area contributed by atoms with Crippen LogP contribution in [0.2, 0.25) is 0 Å². The van der Waals surface area contributed by atoms with Crippen LogP contribution in [0.3, 0.4) is 0 Å². The molecule has 7 atom stereocenters. The second-order valence-electron chi connectivity index (χ2n) is 12.7. The Kier molecular flexibility index (Phi) is 7.55. The molecule has 182 valence electrons. The van der Waals surface area contributed by atoms with Crippen LogP contribution in [0, 0.1) is 40.4 Å². The maximum atomic E-state index is 11.8. The third-order valence-corrected chi connectivity index (χ3v) is 11.0. The van der Waals surface area contributed by atoms with Crippen molar-refractivity contribution in [1.82, 2.24) is 0 Å². The van der Waals surface area contributed by atoms with Crippen molar-refractivity contribution in [3.63, 3.8) is 0 Å². The molecule has 0 aromatic heterocycles. The zero-order chi connectivity index (χ0) is 23.1. The number of ether oxygens (including phenoxy) is 1. The molecule has 4 aliphatic rings. The number of rotatable bonds is 7. The molecule has 3 heteroatoms. The van der Waals surface area contributed by atoms with E-state index in [0.717, 1.165) is 36.5 Å². The van der Waals surface area contributed by atoms with Gasteiger partial charge in [0.15, 0.2) is 0 Å². The molecule has 0 aliphatic heterocycles. The minimum Gasteiger partial charge on any atom is -0.462 e. The fraction of sp³-hybridized carbons (Fsp3) is 0.897. The first-order valence-electron chi connectivity index (χ1n) is 13.7. The molecule has 0 saturated heterocycles. The molecular weight excluding hydrogens is 460 g/mol. The Morgan fingerprint density at radius 2 is 1.84 bits per heavy atom. The smallest absolute Gasteiger partial charge is 0.316 e. The molecule has 0 amide bonds. The number of alkyl halides is 1. The van der Waals surface area contributed by atoms with Crippen molar-refractivity contribution in [2.45, 2.75) is 118 Å². The van der Waals surface area contributed by atoms with Gasteiger partial charge in [-0.15, -0.1) is 0 Å². The fourth-order valence-electron chi connectivity index (χ4n) is 8.77. The molecule has 2 saturated carbocycles. The number of carbonyl (C=O) groups is 1. The van der Waals surface area contributed by atoms with Gasteiger partial charge < -0.3 is 4.74 Å². The van der Waals surface area contributed by atoms with Crippen molar-refractivity contribution in [2.24, 2.45) is 40.4 Å². The van der Waals surface area contributed by atoms with Crippen LogP contribution < -0.4 is 0 Å². The summed E-state index contributed by atoms with van der Waals surface area (Å²) in [6.45, 7) is 12.5. The number of allylic oxidation sites excluding steroid dienone is 2. The maximum Gasteiger partial charge on any atom is 0.316 e. The molecule has 2 fully saturated rings. The summed E-state index contributed by atoms with van der Waals surface area (Å²) in [6, 6.07) is 0. The zero-order valence-electron chi connectivity index (χ0n) is 21.4. The highest BCUT2D eigenvalue weighted by molar-refractivity contribution is 9.09. The van der Waals surface area contributed by atoms with E-state index in [-0.39, 0.29) is 12.1 Å². The summed E-state index contributed by atoms with van der Waals surface area (Å²) < 4.78 is 5.74. The predicted octanol–water partition coefficient (Wildman–Crippen LogP) is 8.48. The van der Waals surface area contributed by atoms with Gasteiger partial charge in [-0.25, -0.2) is 0 Å². The zero-order valence-corrected chi connectivity index (χ0v) is 22.9. The molecule has 0 N–H and O–H groups in total. The van der Waals surface area contributed by atoms with Gasteiger partial charge in [-0.1, -0.05) is 81.0 Å². The fourth-order valence-corrected chi connectivity index (χ4v) is 8.90. The Morgan fingerprint density at radius 3 is 2.56 bits per heavy atom. The summed E-state index contributed by atoms with van der Waals surface area (Å²) in [5, 5.41) is 0.318. The third-order valence-electron chi connectivity index (χ3n) is 10.6. The van der Waals surface area contributed by atoms with Crippen LogP contribution in [0.4, 0.5) is 0 Å². The van der Waals surface area contributed by atoms with Crippen molar-refractivity contribution in [1.29, 1.82) is 0 Å². The van der Waals surface area contributed by atoms with Gasteiger partial charge in [-0.3, -0.25) is 4.79 Å². The number of hydrogen-bond donors (Lipinski definition) is 0. The molecule has 0 radical (unpaired) electrons. The van der Waals surface area contributed by atoms with E-state index in [1.165, 1.54) is 64.2 Å². The lowest BCUT2D eigenvalue weighted by Gasteiger charge is -2.55. The van der Waals surface area contributed by atoms with E-state index >= 15 is 0 Å². The Morgan fingerprint density at radius 1 is 1.06 bits per heavy atom. The summed E-state index contributed by atoms with van der Waals surface area (Å²) in [7, 11) is 0. The molecule has 0 heterocycles. The minimum absolute atomic E-state index is 0.0951. The standard InChI is InChI=1S/C29H47BrO2/c1-19(2)7-6-8-20(3)24-11-12-25-23-10-9-21-17-22(32-27(31)18-30)13-15-28(21,4)26(23)14-16-29(24,25)5/h19-22,24-25H,6-18H2,1-5H3/t20-,21?,22?,24-,25+,28+,29-/m1/s1. The molecule has 4 aliphatic carbocycles. The van der Waals surface area contributed by atoms with Crippen LogP contribution in [0.5, 0.6) is 0 Å². The summed E-state index contributed by atoms with van der Waals surface area (Å²) in [5.74, 6) is 4.06. The van der Waals surface area contributed by atoms with Crippen molar-refractivity contribution >= 4 is 21.9 Å². The van der Waals surface area contributed by atoms with E-state index in [9.17, 15) is 4.79 Å². The van der Waals surface area contributed by atoms with Crippen LogP contribution in [-0.4, -0.2) is 17.4 Å². The Bertz CT molecular complexity index is 727. The van der Waals surface area contributed by atoms with E-state index in [4.69, 9.17) is 4.74 Å². The first-order chi connectivity index (χ1) is 15.2. The average molecular weight is 508 g/mol. The van der Waals surface area contributed by atoms with E-state index in [2.05, 4.69) is 50.5 Å². The molecule has 0 aromatic carbocycles. The molecule has 0 spiro atoms. The maximum absolute atomic E-state index is 11.8. The second-order valence-corrected chi connectivity index (χ2v) is 13.3. The van der Waals surface area contributed by atoms with Gasteiger partial charge in [0.1, 0.15) is 11.4 Å². The van der Waals surface area contributed by atoms with Crippen LogP contribution in [0.1, 0.15) is 112 Å². The highest BCUT2D eigenvalue weighted by atomic mass is 79.9. The predicted molar refractivity (Wildman–Crippen MR) is 137 cm³/mol. The lowest BCUT2D eigenvalue weighted by atomic mass is 9.50. The van der Waals surface area contributed by atoms with E-state index < -0.39 is 0 Å². The third kappa shape index (κ3) is 4.50. The first kappa shape index (κ1) is 24.8. The topological polar surface area (TPSA) is 26.3 Å². The van der Waals surface area contributed by atoms with E-state index in [0.29, 0.717) is 22.1 Å². The minimum atomic E-state index is -0.0951. The second kappa shape index (κ2) is 9.74. The Balaban J connectivity index is 1.47. The van der Waals surface area contributed by atoms with Gasteiger partial charge in [-0.05, 0) is 98.2 Å². The largest absolute Gasteiger partial charge is 0.462 e. The van der Waals surface area contributed by atoms with Crippen molar-refractivity contribution in [3.8, 4) is 0 Å². The Labute approximate surface area is 205 Å². The first-order valence-corrected chi connectivity index (χ1v) is 14.8. The number of carbonyl (C=O) groups excluding carboxylic acids is 1. The number of fused-ring (bicyclic) bond motifs is 4. The molecule has 0 aromatic rings. The monoisotopic (exact) mass is 506 g/mol. The molecular formula is C29H47BrO2. The van der Waals surface area contributed by atoms with Crippen LogP contribution in [0.15, 0.2) is 11.1 Å². The lowest BCUT2D eigenvalue weighted by Crippen LogP contribution is -2.46. The highest BCUT2D eigenvalue weighted by Gasteiger charge is 2.56. The number of halogens is 1. The SMILES string of the molecule is CC(C)CCC[C@@H](C)[C@H]1CC[C@H]2C3=C(CC[C@]12C)[C@@]1(C)CCC(OC(=O)CBr)CC1CC3. The van der Waals surface area contributed by atoms with Gasteiger partial charge in [0, 0.05) is 0 Å². The highest BCUT2D eigenvalue weighted by Crippen LogP contribution is 2.66. The summed E-state index contributed by atoms with van der Waals surface area (Å²) in [5.41, 5.74) is 4.63. The van der Waals surface area contributed by atoms with Crippen LogP contribution in [0.25, 0.3) is 0 Å². The molecule has 32 heavy (non-hydrogen) atoms. The van der Waals surface area contributed by atoms with Crippen molar-refractivity contribution in [2.75, 3.05) is 5.33 Å². The van der Waals surface area contributed by atoms with Gasteiger partial charge in [-0.2, -0.15) is 0 Å². The van der Waals surface area contributed by atoms with Crippen molar-refractivity contribution < 1.29 is 9.53 Å². The van der Waals surface area contributed by atoms with Gasteiger partial charge in [0.2, 0.25) is 0 Å². The summed E-state index contributed by atoms with van der Waals surface area (Å²) in [6.07, 6.45) is 15.9. The normalized spacial score (nSPS) is 40.0. The van der Waals surface area contributed by atoms with Gasteiger partial charge >= 0.3 is 5.97 Å². The van der Waals surface area contributed by atoms with Crippen molar-refractivity contribution in [3.05, 3.63) is 11.1 Å². The Hall–Kier alpha value is -0.310. The number of hydrogen-bond acceptors (Lipinski definition) is 2. The summed E-state index contributed by atoms with van der Waals surface area (Å²) >= 11 is 3.25.